The van der Waals surface area contributed by atoms with Crippen molar-refractivity contribution in [2.45, 2.75) is 44.9 Å². The maximum Gasteiger partial charge on any atom is 0.266 e. The third-order valence-corrected chi connectivity index (χ3v) is 6.12. The minimum Gasteiger partial charge on any atom is -0.338 e. The number of likely N-dealkylation sites (tertiary alicyclic amines) is 1. The third kappa shape index (κ3) is 3.50. The lowest BCUT2D eigenvalue weighted by atomic mass is 9.68. The third-order valence-electron chi connectivity index (χ3n) is 6.12. The molecule has 1 aromatic carbocycles. The quantitative estimate of drug-likeness (QED) is 0.836. The summed E-state index contributed by atoms with van der Waals surface area (Å²) in [7, 11) is 2.28. The Balaban J connectivity index is 1.45. The van der Waals surface area contributed by atoms with E-state index in [1.807, 2.05) is 0 Å². The zero-order valence-electron chi connectivity index (χ0n) is 16.2. The lowest BCUT2D eigenvalue weighted by Crippen LogP contribution is -2.50. The first-order chi connectivity index (χ1) is 12.5. The second-order valence-electron chi connectivity index (χ2n) is 8.58. The molecule has 140 valence electrons. The maximum atomic E-state index is 5.40. The average molecular weight is 354 g/mol. The van der Waals surface area contributed by atoms with Gasteiger partial charge >= 0.3 is 0 Å². The number of anilines is 1. The molecule has 0 saturated carbocycles. The Kier molecular flexibility index (Phi) is 4.74. The molecular formula is C21H30N4O. The van der Waals surface area contributed by atoms with Gasteiger partial charge in [-0.25, -0.2) is 0 Å². The first-order valence-corrected chi connectivity index (χ1v) is 9.87. The molecule has 1 aromatic heterocycles. The van der Waals surface area contributed by atoms with Gasteiger partial charge in [0.2, 0.25) is 5.89 Å². The number of hydrogen-bond donors (Lipinski definition) is 0. The molecule has 2 aliphatic heterocycles. The monoisotopic (exact) mass is 354 g/mol. The molecule has 0 bridgehead atoms. The highest BCUT2D eigenvalue weighted by Crippen LogP contribution is 2.45. The van der Waals surface area contributed by atoms with Gasteiger partial charge in [-0.15, -0.1) is 0 Å². The van der Waals surface area contributed by atoms with Crippen LogP contribution in [-0.4, -0.2) is 48.3 Å². The van der Waals surface area contributed by atoms with Crippen molar-refractivity contribution in [3.63, 3.8) is 0 Å². The summed E-state index contributed by atoms with van der Waals surface area (Å²) in [6.07, 6.45) is 3.69. The van der Waals surface area contributed by atoms with Gasteiger partial charge in [0.25, 0.3) is 5.95 Å². The molecule has 0 aliphatic carbocycles. The van der Waals surface area contributed by atoms with Crippen LogP contribution in [0, 0.1) is 5.41 Å². The van der Waals surface area contributed by atoms with E-state index >= 15 is 0 Å². The molecule has 5 heteroatoms. The molecule has 0 radical (unpaired) electrons. The Hall–Kier alpha value is -1.88. The van der Waals surface area contributed by atoms with Crippen molar-refractivity contribution in [1.82, 2.24) is 15.0 Å². The minimum atomic E-state index is 0.283. The van der Waals surface area contributed by atoms with E-state index in [0.29, 0.717) is 11.3 Å². The lowest BCUT2D eigenvalue weighted by Gasteiger charge is -2.49. The molecule has 3 heterocycles. The fourth-order valence-corrected chi connectivity index (χ4v) is 4.75. The number of likely N-dealkylation sites (N-methyl/N-ethyl adjacent to an activating group) is 1. The van der Waals surface area contributed by atoms with Gasteiger partial charge in [-0.3, -0.25) is 0 Å². The van der Waals surface area contributed by atoms with Crippen molar-refractivity contribution in [3.8, 4) is 0 Å². The van der Waals surface area contributed by atoms with Gasteiger partial charge in [0.05, 0.1) is 0 Å². The van der Waals surface area contributed by atoms with E-state index in [0.717, 1.165) is 31.5 Å². The smallest absolute Gasteiger partial charge is 0.266 e. The highest BCUT2D eigenvalue weighted by atomic mass is 16.5. The van der Waals surface area contributed by atoms with Gasteiger partial charge < -0.3 is 14.3 Å². The number of hydrogen-bond acceptors (Lipinski definition) is 5. The van der Waals surface area contributed by atoms with Crippen LogP contribution >= 0.6 is 0 Å². The second kappa shape index (κ2) is 7.03. The van der Waals surface area contributed by atoms with Crippen LogP contribution < -0.4 is 4.90 Å². The van der Waals surface area contributed by atoms with Gasteiger partial charge in [0.1, 0.15) is 0 Å². The highest BCUT2D eigenvalue weighted by Gasteiger charge is 2.41. The Morgan fingerprint density at radius 2 is 1.88 bits per heavy atom. The predicted octanol–water partition coefficient (Wildman–Crippen LogP) is 3.90. The van der Waals surface area contributed by atoms with Crippen molar-refractivity contribution in [2.75, 3.05) is 38.1 Å². The Labute approximate surface area is 156 Å². The predicted molar refractivity (Wildman–Crippen MR) is 104 cm³/mol. The van der Waals surface area contributed by atoms with Crippen molar-refractivity contribution in [2.24, 2.45) is 5.41 Å². The Bertz CT molecular complexity index is 719. The van der Waals surface area contributed by atoms with Crippen molar-refractivity contribution in [3.05, 3.63) is 41.8 Å². The van der Waals surface area contributed by atoms with Crippen LogP contribution in [0.25, 0.3) is 0 Å². The standard InChI is InChI=1S/C21H30N4O/c1-16(2)19-22-20(23-26-19)25-11-9-21(10-12-25)13-18(14-24(3)15-21)17-7-5-4-6-8-17/h4-8,16,18H,9-15H2,1-3H3/t18-/m0/s1. The van der Waals surface area contributed by atoms with Crippen LogP contribution in [0.1, 0.15) is 56.4 Å². The molecule has 2 aromatic rings. The van der Waals surface area contributed by atoms with Gasteiger partial charge in [-0.05, 0) is 48.4 Å². The molecule has 2 saturated heterocycles. The SMILES string of the molecule is CC(C)c1nc(N2CCC3(CC2)C[C@H](c2ccccc2)CN(C)C3)no1. The average Bonchev–Trinajstić information content (AvgIpc) is 3.13. The van der Waals surface area contributed by atoms with E-state index in [1.165, 1.54) is 31.4 Å². The summed E-state index contributed by atoms with van der Waals surface area (Å²) in [4.78, 5) is 9.41. The van der Waals surface area contributed by atoms with Gasteiger partial charge in [-0.2, -0.15) is 4.98 Å². The van der Waals surface area contributed by atoms with Crippen LogP contribution in [0.3, 0.4) is 0 Å². The molecule has 5 nitrogen and oxygen atoms in total. The summed E-state index contributed by atoms with van der Waals surface area (Å²) < 4.78 is 5.40. The minimum absolute atomic E-state index is 0.283. The molecule has 0 unspecified atom stereocenters. The summed E-state index contributed by atoms with van der Waals surface area (Å²) in [5, 5.41) is 4.20. The van der Waals surface area contributed by atoms with Gasteiger partial charge in [0.15, 0.2) is 0 Å². The molecule has 0 amide bonds. The number of rotatable bonds is 3. The van der Waals surface area contributed by atoms with Crippen LogP contribution in [0.5, 0.6) is 0 Å². The zero-order valence-corrected chi connectivity index (χ0v) is 16.2. The lowest BCUT2D eigenvalue weighted by molar-refractivity contribution is 0.0668. The van der Waals surface area contributed by atoms with E-state index in [2.05, 4.69) is 71.2 Å². The molecule has 1 spiro atoms. The van der Waals surface area contributed by atoms with Crippen molar-refractivity contribution >= 4 is 5.95 Å². The first-order valence-electron chi connectivity index (χ1n) is 9.87. The summed E-state index contributed by atoms with van der Waals surface area (Å²) in [5.41, 5.74) is 1.90. The van der Waals surface area contributed by atoms with E-state index in [4.69, 9.17) is 4.52 Å². The van der Waals surface area contributed by atoms with E-state index in [-0.39, 0.29) is 5.92 Å². The fraction of sp³-hybridized carbons (Fsp3) is 0.619. The molecule has 2 fully saturated rings. The zero-order chi connectivity index (χ0) is 18.1. The number of aromatic nitrogens is 2. The van der Waals surface area contributed by atoms with Crippen LogP contribution in [0.4, 0.5) is 5.95 Å². The Morgan fingerprint density at radius 3 is 2.54 bits per heavy atom. The van der Waals surface area contributed by atoms with E-state index in [9.17, 15) is 0 Å². The van der Waals surface area contributed by atoms with Crippen LogP contribution in [-0.2, 0) is 0 Å². The normalized spacial score (nSPS) is 23.7. The van der Waals surface area contributed by atoms with Crippen LogP contribution in [0.2, 0.25) is 0 Å². The largest absolute Gasteiger partial charge is 0.338 e. The van der Waals surface area contributed by atoms with Crippen molar-refractivity contribution in [1.29, 1.82) is 0 Å². The molecule has 4 rings (SSSR count). The topological polar surface area (TPSA) is 45.4 Å². The number of nitrogens with zero attached hydrogens (tertiary/aromatic N) is 4. The van der Waals surface area contributed by atoms with Gasteiger partial charge in [-0.1, -0.05) is 44.2 Å². The van der Waals surface area contributed by atoms with Crippen molar-refractivity contribution < 1.29 is 4.52 Å². The summed E-state index contributed by atoms with van der Waals surface area (Å²) in [5.74, 6) is 2.43. The van der Waals surface area contributed by atoms with Gasteiger partial charge in [0, 0.05) is 32.1 Å². The summed E-state index contributed by atoms with van der Waals surface area (Å²) in [6.45, 7) is 8.58. The first kappa shape index (κ1) is 17.5. The van der Waals surface area contributed by atoms with E-state index in [1.54, 1.807) is 0 Å². The van der Waals surface area contributed by atoms with E-state index < -0.39 is 0 Å². The molecule has 2 aliphatic rings. The second-order valence-corrected chi connectivity index (χ2v) is 8.58. The molecular weight excluding hydrogens is 324 g/mol. The highest BCUT2D eigenvalue weighted by molar-refractivity contribution is 5.30. The summed E-state index contributed by atoms with van der Waals surface area (Å²) in [6, 6.07) is 11.0. The fourth-order valence-electron chi connectivity index (χ4n) is 4.75. The maximum absolute atomic E-state index is 5.40. The molecule has 26 heavy (non-hydrogen) atoms. The summed E-state index contributed by atoms with van der Waals surface area (Å²) >= 11 is 0. The van der Waals surface area contributed by atoms with Crippen LogP contribution in [0.15, 0.2) is 34.9 Å². The number of benzene rings is 1. The number of piperidine rings is 2. The molecule has 1 atom stereocenters. The Morgan fingerprint density at radius 1 is 1.15 bits per heavy atom. The molecule has 0 N–H and O–H groups in total.